The van der Waals surface area contributed by atoms with Gasteiger partial charge in [0.05, 0.1) is 18.1 Å². The number of hydrogen-bond acceptors (Lipinski definition) is 7. The van der Waals surface area contributed by atoms with E-state index in [1.54, 1.807) is 18.4 Å². The van der Waals surface area contributed by atoms with Gasteiger partial charge in [0.2, 0.25) is 0 Å². The second kappa shape index (κ2) is 7.35. The van der Waals surface area contributed by atoms with Crippen LogP contribution in [0, 0.1) is 0 Å². The topological polar surface area (TPSA) is 71.5 Å². The van der Waals surface area contributed by atoms with E-state index in [2.05, 4.69) is 15.2 Å². The summed E-state index contributed by atoms with van der Waals surface area (Å²) in [5.41, 5.74) is 0. The highest BCUT2D eigenvalue weighted by Crippen LogP contribution is 2.23. The van der Waals surface area contributed by atoms with Crippen molar-refractivity contribution < 1.29 is 13.2 Å². The molecule has 0 saturated carbocycles. The summed E-state index contributed by atoms with van der Waals surface area (Å²) in [4.78, 5) is 7.64. The molecule has 0 amide bonds. The van der Waals surface area contributed by atoms with Crippen molar-refractivity contribution in [1.82, 2.24) is 10.3 Å². The molecule has 1 saturated heterocycles. The van der Waals surface area contributed by atoms with Crippen molar-refractivity contribution in [3.05, 3.63) is 11.1 Å². The maximum Gasteiger partial charge on any atom is 0.185 e. The molecule has 1 fully saturated rings. The standard InChI is InChI=1S/C12H21N3O3S2/c1-18-6-3-13-9-11-10-14-12(19-11)15-4-2-7-20(16,17)8-5-15/h10,13H,2-9H2,1H3. The first-order valence-corrected chi connectivity index (χ1v) is 9.34. The molecular weight excluding hydrogens is 298 g/mol. The fourth-order valence-electron chi connectivity index (χ4n) is 2.04. The van der Waals surface area contributed by atoms with Gasteiger partial charge in [-0.2, -0.15) is 0 Å². The van der Waals surface area contributed by atoms with Gasteiger partial charge in [-0.3, -0.25) is 0 Å². The van der Waals surface area contributed by atoms with E-state index < -0.39 is 9.84 Å². The molecule has 0 radical (unpaired) electrons. The third-order valence-electron chi connectivity index (χ3n) is 3.15. The number of nitrogens with zero attached hydrogens (tertiary/aromatic N) is 2. The molecule has 0 aliphatic carbocycles. The van der Waals surface area contributed by atoms with Gasteiger partial charge in [0.1, 0.15) is 0 Å². The lowest BCUT2D eigenvalue weighted by Crippen LogP contribution is -2.26. The number of nitrogens with one attached hydrogen (secondary N) is 1. The van der Waals surface area contributed by atoms with Crippen molar-refractivity contribution in [2.45, 2.75) is 13.0 Å². The maximum absolute atomic E-state index is 11.6. The van der Waals surface area contributed by atoms with Crippen LogP contribution in [0.1, 0.15) is 11.3 Å². The van der Waals surface area contributed by atoms with Crippen LogP contribution < -0.4 is 10.2 Å². The fraction of sp³-hybridized carbons (Fsp3) is 0.750. The van der Waals surface area contributed by atoms with Gasteiger partial charge in [-0.05, 0) is 6.42 Å². The summed E-state index contributed by atoms with van der Waals surface area (Å²) in [6, 6.07) is 0. The summed E-state index contributed by atoms with van der Waals surface area (Å²) in [6.45, 7) is 3.59. The Morgan fingerprint density at radius 1 is 1.45 bits per heavy atom. The summed E-state index contributed by atoms with van der Waals surface area (Å²) < 4.78 is 28.2. The van der Waals surface area contributed by atoms with Crippen LogP contribution >= 0.6 is 11.3 Å². The molecule has 6 nitrogen and oxygen atoms in total. The summed E-state index contributed by atoms with van der Waals surface area (Å²) in [5.74, 6) is 0.522. The Labute approximate surface area is 124 Å². The Kier molecular flexibility index (Phi) is 5.76. The minimum absolute atomic E-state index is 0.230. The van der Waals surface area contributed by atoms with E-state index in [4.69, 9.17) is 4.74 Å². The van der Waals surface area contributed by atoms with Crippen LogP contribution in [0.4, 0.5) is 5.13 Å². The van der Waals surface area contributed by atoms with Crippen molar-refractivity contribution in [3.63, 3.8) is 0 Å². The van der Waals surface area contributed by atoms with Gasteiger partial charge in [-0.25, -0.2) is 13.4 Å². The molecule has 20 heavy (non-hydrogen) atoms. The average molecular weight is 319 g/mol. The smallest absolute Gasteiger partial charge is 0.185 e. The third-order valence-corrected chi connectivity index (χ3v) is 5.92. The molecule has 0 aromatic carbocycles. The molecule has 2 heterocycles. The highest BCUT2D eigenvalue weighted by molar-refractivity contribution is 7.91. The first kappa shape index (κ1) is 15.7. The molecule has 0 unspecified atom stereocenters. The number of aromatic nitrogens is 1. The Bertz CT molecular complexity index is 516. The lowest BCUT2D eigenvalue weighted by molar-refractivity contribution is 0.199. The SMILES string of the molecule is COCCNCc1cnc(N2CCCS(=O)(=O)CC2)s1. The number of hydrogen-bond donors (Lipinski definition) is 1. The summed E-state index contributed by atoms with van der Waals surface area (Å²) in [5, 5.41) is 4.20. The molecule has 1 aliphatic rings. The van der Waals surface area contributed by atoms with Gasteiger partial charge in [0, 0.05) is 44.4 Å². The molecular formula is C12H21N3O3S2. The summed E-state index contributed by atoms with van der Waals surface area (Å²) >= 11 is 1.62. The number of thiazole rings is 1. The van der Waals surface area contributed by atoms with Gasteiger partial charge in [-0.15, -0.1) is 11.3 Å². The van der Waals surface area contributed by atoms with E-state index in [1.807, 2.05) is 6.20 Å². The Hall–Kier alpha value is -0.700. The lowest BCUT2D eigenvalue weighted by atomic mass is 10.4. The molecule has 1 aromatic rings. The van der Waals surface area contributed by atoms with Crippen LogP contribution in [-0.2, 0) is 21.1 Å². The van der Waals surface area contributed by atoms with E-state index in [0.717, 1.165) is 29.6 Å². The van der Waals surface area contributed by atoms with Crippen LogP contribution in [0.25, 0.3) is 0 Å². The van der Waals surface area contributed by atoms with Crippen molar-refractivity contribution >= 4 is 26.3 Å². The average Bonchev–Trinajstić information content (AvgIpc) is 2.79. The van der Waals surface area contributed by atoms with Gasteiger partial charge in [-0.1, -0.05) is 0 Å². The molecule has 1 aliphatic heterocycles. The quantitative estimate of drug-likeness (QED) is 0.770. The van der Waals surface area contributed by atoms with Crippen molar-refractivity contribution in [2.24, 2.45) is 0 Å². The first-order chi connectivity index (χ1) is 9.61. The van der Waals surface area contributed by atoms with Crippen LogP contribution in [0.15, 0.2) is 6.20 Å². The van der Waals surface area contributed by atoms with Crippen LogP contribution in [0.2, 0.25) is 0 Å². The largest absolute Gasteiger partial charge is 0.383 e. The van der Waals surface area contributed by atoms with E-state index >= 15 is 0 Å². The number of anilines is 1. The normalized spacial score (nSPS) is 18.9. The monoisotopic (exact) mass is 319 g/mol. The number of ether oxygens (including phenoxy) is 1. The zero-order valence-corrected chi connectivity index (χ0v) is 13.3. The van der Waals surface area contributed by atoms with E-state index in [-0.39, 0.29) is 5.75 Å². The van der Waals surface area contributed by atoms with Crippen molar-refractivity contribution in [1.29, 1.82) is 0 Å². The molecule has 0 atom stereocenters. The molecule has 114 valence electrons. The predicted octanol–water partition coefficient (Wildman–Crippen LogP) is 0.504. The zero-order chi connectivity index (χ0) is 14.4. The van der Waals surface area contributed by atoms with E-state index in [9.17, 15) is 8.42 Å². The van der Waals surface area contributed by atoms with Crippen LogP contribution in [-0.4, -0.2) is 58.3 Å². The first-order valence-electron chi connectivity index (χ1n) is 6.70. The second-order valence-electron chi connectivity index (χ2n) is 4.77. The third kappa shape index (κ3) is 4.69. The molecule has 8 heteroatoms. The minimum atomic E-state index is -2.86. The Morgan fingerprint density at radius 3 is 3.10 bits per heavy atom. The van der Waals surface area contributed by atoms with Gasteiger partial charge >= 0.3 is 0 Å². The fourth-order valence-corrected chi connectivity index (χ4v) is 4.24. The van der Waals surface area contributed by atoms with Crippen LogP contribution in [0.3, 0.4) is 0 Å². The molecule has 2 rings (SSSR count). The molecule has 1 aromatic heterocycles. The maximum atomic E-state index is 11.6. The molecule has 0 bridgehead atoms. The highest BCUT2D eigenvalue weighted by atomic mass is 32.2. The van der Waals surface area contributed by atoms with Gasteiger partial charge in [0.15, 0.2) is 15.0 Å². The van der Waals surface area contributed by atoms with E-state index in [1.165, 1.54) is 0 Å². The second-order valence-corrected chi connectivity index (χ2v) is 8.17. The van der Waals surface area contributed by atoms with Crippen molar-refractivity contribution in [2.75, 3.05) is 49.8 Å². The zero-order valence-electron chi connectivity index (χ0n) is 11.7. The number of rotatable bonds is 6. The lowest BCUT2D eigenvalue weighted by Gasteiger charge is -2.17. The summed E-state index contributed by atoms with van der Waals surface area (Å²) in [7, 11) is -1.18. The Morgan fingerprint density at radius 2 is 2.30 bits per heavy atom. The molecule has 0 spiro atoms. The van der Waals surface area contributed by atoms with Gasteiger partial charge < -0.3 is 15.0 Å². The highest BCUT2D eigenvalue weighted by Gasteiger charge is 2.20. The van der Waals surface area contributed by atoms with Crippen molar-refractivity contribution in [3.8, 4) is 0 Å². The van der Waals surface area contributed by atoms with Crippen LogP contribution in [0.5, 0.6) is 0 Å². The number of sulfone groups is 1. The van der Waals surface area contributed by atoms with E-state index in [0.29, 0.717) is 25.3 Å². The molecule has 1 N–H and O–H groups in total. The minimum Gasteiger partial charge on any atom is -0.383 e. The van der Waals surface area contributed by atoms with Gasteiger partial charge in [0.25, 0.3) is 0 Å². The summed E-state index contributed by atoms with van der Waals surface area (Å²) in [6.07, 6.45) is 2.54. The predicted molar refractivity (Wildman–Crippen MR) is 81.2 cm³/mol. The number of methoxy groups -OCH3 is 1. The Balaban J connectivity index is 1.88.